The van der Waals surface area contributed by atoms with Crippen LogP contribution in [0.3, 0.4) is 0 Å². The van der Waals surface area contributed by atoms with E-state index in [1.54, 1.807) is 4.68 Å². The summed E-state index contributed by atoms with van der Waals surface area (Å²) in [7, 11) is 0. The molecule has 120 valence electrons. The van der Waals surface area contributed by atoms with Crippen LogP contribution < -0.4 is 10.6 Å². The van der Waals surface area contributed by atoms with E-state index < -0.39 is 0 Å². The van der Waals surface area contributed by atoms with Crippen molar-refractivity contribution in [3.05, 3.63) is 0 Å². The number of aromatic nitrogens is 4. The van der Waals surface area contributed by atoms with Crippen LogP contribution in [-0.4, -0.2) is 50.5 Å². The van der Waals surface area contributed by atoms with Gasteiger partial charge in [-0.15, -0.1) is 5.10 Å². The Morgan fingerprint density at radius 2 is 2.00 bits per heavy atom. The summed E-state index contributed by atoms with van der Waals surface area (Å²) in [5, 5.41) is 18.5. The van der Waals surface area contributed by atoms with E-state index in [0.29, 0.717) is 29.4 Å². The highest BCUT2D eigenvalue weighted by Gasteiger charge is 2.13. The first kappa shape index (κ1) is 17.9. The van der Waals surface area contributed by atoms with Gasteiger partial charge in [0.2, 0.25) is 11.1 Å². The van der Waals surface area contributed by atoms with E-state index in [1.165, 1.54) is 11.8 Å². The van der Waals surface area contributed by atoms with Crippen molar-refractivity contribution < 1.29 is 4.79 Å². The molecule has 0 aliphatic carbocycles. The van der Waals surface area contributed by atoms with E-state index >= 15 is 0 Å². The van der Waals surface area contributed by atoms with Crippen LogP contribution in [0.4, 0.5) is 0 Å². The zero-order valence-electron chi connectivity index (χ0n) is 13.5. The van der Waals surface area contributed by atoms with Gasteiger partial charge in [-0.2, -0.15) is 0 Å². The summed E-state index contributed by atoms with van der Waals surface area (Å²) >= 11 is 1.36. The zero-order valence-corrected chi connectivity index (χ0v) is 14.3. The molecule has 21 heavy (non-hydrogen) atoms. The summed E-state index contributed by atoms with van der Waals surface area (Å²) in [4.78, 5) is 11.8. The second kappa shape index (κ2) is 8.99. The lowest BCUT2D eigenvalue weighted by molar-refractivity contribution is -0.119. The first-order chi connectivity index (χ1) is 9.90. The molecular weight excluding hydrogens is 288 g/mol. The molecular formula is C13H26N6OS. The summed E-state index contributed by atoms with van der Waals surface area (Å²) in [5.74, 6) is 0.761. The molecule has 7 nitrogen and oxygen atoms in total. The molecule has 0 saturated heterocycles. The Kier molecular flexibility index (Phi) is 7.66. The van der Waals surface area contributed by atoms with Gasteiger partial charge in [-0.25, -0.2) is 4.68 Å². The van der Waals surface area contributed by atoms with E-state index in [9.17, 15) is 4.79 Å². The summed E-state index contributed by atoms with van der Waals surface area (Å²) in [6.45, 7) is 11.9. The molecule has 1 rings (SSSR count). The molecule has 0 aromatic carbocycles. The van der Waals surface area contributed by atoms with Crippen molar-refractivity contribution in [1.82, 2.24) is 30.8 Å². The van der Waals surface area contributed by atoms with Gasteiger partial charge in [0.1, 0.15) is 0 Å². The van der Waals surface area contributed by atoms with Crippen molar-refractivity contribution in [2.24, 2.45) is 5.92 Å². The molecule has 0 radical (unpaired) electrons. The van der Waals surface area contributed by atoms with Gasteiger partial charge in [0.15, 0.2) is 0 Å². The van der Waals surface area contributed by atoms with Crippen LogP contribution in [0.1, 0.15) is 34.6 Å². The van der Waals surface area contributed by atoms with Crippen molar-refractivity contribution in [3.8, 4) is 0 Å². The average molecular weight is 314 g/mol. The third-order valence-corrected chi connectivity index (χ3v) is 4.05. The number of hydrogen-bond acceptors (Lipinski definition) is 6. The minimum absolute atomic E-state index is 0.0102. The molecule has 8 heteroatoms. The molecule has 0 saturated carbocycles. The third-order valence-electron chi connectivity index (χ3n) is 3.10. The monoisotopic (exact) mass is 314 g/mol. The highest BCUT2D eigenvalue weighted by Crippen LogP contribution is 2.13. The Morgan fingerprint density at radius 1 is 1.29 bits per heavy atom. The number of carbonyl (C=O) groups excluding carboxylic acids is 1. The Labute approximate surface area is 130 Å². The molecule has 1 aromatic rings. The molecule has 1 atom stereocenters. The Hall–Kier alpha value is -1.15. The topological polar surface area (TPSA) is 84.7 Å². The van der Waals surface area contributed by atoms with Crippen molar-refractivity contribution in [2.45, 2.75) is 58.4 Å². The van der Waals surface area contributed by atoms with Gasteiger partial charge in [-0.1, -0.05) is 39.5 Å². The van der Waals surface area contributed by atoms with Crippen LogP contribution in [0.2, 0.25) is 0 Å². The Balaban J connectivity index is 2.38. The average Bonchev–Trinajstić information content (AvgIpc) is 2.83. The lowest BCUT2D eigenvalue weighted by Gasteiger charge is -2.17. The summed E-state index contributed by atoms with van der Waals surface area (Å²) < 4.78 is 1.72. The lowest BCUT2D eigenvalue weighted by atomic mass is 10.1. The van der Waals surface area contributed by atoms with Gasteiger partial charge < -0.3 is 10.6 Å². The molecule has 0 bridgehead atoms. The SMILES string of the molecule is CC(C)NCCn1nnnc1SCC(=O)NC(C)C(C)C. The van der Waals surface area contributed by atoms with Crippen LogP contribution in [0, 0.1) is 5.92 Å². The van der Waals surface area contributed by atoms with Gasteiger partial charge in [0, 0.05) is 18.6 Å². The molecule has 0 aliphatic heterocycles. The number of nitrogens with zero attached hydrogens (tertiary/aromatic N) is 4. The maximum atomic E-state index is 11.8. The largest absolute Gasteiger partial charge is 0.353 e. The maximum Gasteiger partial charge on any atom is 0.230 e. The van der Waals surface area contributed by atoms with Crippen LogP contribution in [0.5, 0.6) is 0 Å². The van der Waals surface area contributed by atoms with Crippen molar-refractivity contribution >= 4 is 17.7 Å². The number of rotatable bonds is 9. The number of hydrogen-bond donors (Lipinski definition) is 2. The molecule has 1 aromatic heterocycles. The minimum atomic E-state index is 0.0102. The van der Waals surface area contributed by atoms with E-state index in [2.05, 4.69) is 53.9 Å². The maximum absolute atomic E-state index is 11.8. The van der Waals surface area contributed by atoms with E-state index in [4.69, 9.17) is 0 Å². The first-order valence-corrected chi connectivity index (χ1v) is 8.30. The number of amides is 1. The Bertz CT molecular complexity index is 434. The zero-order chi connectivity index (χ0) is 15.8. The van der Waals surface area contributed by atoms with Gasteiger partial charge in [-0.3, -0.25) is 4.79 Å². The predicted molar refractivity (Wildman–Crippen MR) is 84.1 cm³/mol. The highest BCUT2D eigenvalue weighted by atomic mass is 32.2. The van der Waals surface area contributed by atoms with Gasteiger partial charge in [-0.05, 0) is 23.3 Å². The Morgan fingerprint density at radius 3 is 2.62 bits per heavy atom. The second-order valence-electron chi connectivity index (χ2n) is 5.68. The van der Waals surface area contributed by atoms with Crippen LogP contribution in [0.25, 0.3) is 0 Å². The summed E-state index contributed by atoms with van der Waals surface area (Å²) in [6, 6.07) is 0.602. The van der Waals surface area contributed by atoms with Gasteiger partial charge in [0.05, 0.1) is 12.3 Å². The quantitative estimate of drug-likeness (QED) is 0.660. The second-order valence-corrected chi connectivity index (χ2v) is 6.62. The van der Waals surface area contributed by atoms with E-state index in [-0.39, 0.29) is 11.9 Å². The summed E-state index contributed by atoms with van der Waals surface area (Å²) in [5.41, 5.74) is 0. The van der Waals surface area contributed by atoms with Crippen molar-refractivity contribution in [1.29, 1.82) is 0 Å². The fraction of sp³-hybridized carbons (Fsp3) is 0.846. The van der Waals surface area contributed by atoms with E-state index in [1.807, 2.05) is 6.92 Å². The smallest absolute Gasteiger partial charge is 0.230 e. The molecule has 1 amide bonds. The molecule has 0 fully saturated rings. The fourth-order valence-electron chi connectivity index (χ4n) is 1.49. The fourth-order valence-corrected chi connectivity index (χ4v) is 2.21. The van der Waals surface area contributed by atoms with Crippen LogP contribution in [-0.2, 0) is 11.3 Å². The van der Waals surface area contributed by atoms with Crippen LogP contribution in [0.15, 0.2) is 5.16 Å². The van der Waals surface area contributed by atoms with Crippen LogP contribution >= 0.6 is 11.8 Å². The molecule has 0 aliphatic rings. The van der Waals surface area contributed by atoms with Crippen molar-refractivity contribution in [3.63, 3.8) is 0 Å². The summed E-state index contributed by atoms with van der Waals surface area (Å²) in [6.07, 6.45) is 0. The van der Waals surface area contributed by atoms with E-state index in [0.717, 1.165) is 6.54 Å². The number of carbonyl (C=O) groups is 1. The van der Waals surface area contributed by atoms with Crippen molar-refractivity contribution in [2.75, 3.05) is 12.3 Å². The molecule has 1 unspecified atom stereocenters. The molecule has 1 heterocycles. The highest BCUT2D eigenvalue weighted by molar-refractivity contribution is 7.99. The van der Waals surface area contributed by atoms with Gasteiger partial charge >= 0.3 is 0 Å². The normalized spacial score (nSPS) is 12.9. The minimum Gasteiger partial charge on any atom is -0.353 e. The van der Waals surface area contributed by atoms with Gasteiger partial charge in [0.25, 0.3) is 0 Å². The molecule has 0 spiro atoms. The lowest BCUT2D eigenvalue weighted by Crippen LogP contribution is -2.37. The predicted octanol–water partition coefficient (Wildman–Crippen LogP) is 0.924. The number of nitrogens with one attached hydrogen (secondary N) is 2. The number of tetrazole rings is 1. The molecule has 2 N–H and O–H groups in total. The first-order valence-electron chi connectivity index (χ1n) is 7.31. The third kappa shape index (κ3) is 6.90. The number of thioether (sulfide) groups is 1. The standard InChI is InChI=1S/C13H26N6OS/c1-9(2)11(5)15-12(20)8-21-13-16-17-18-19(13)7-6-14-10(3)4/h9-11,14H,6-8H2,1-5H3,(H,15,20).